The molecule has 0 aliphatic carbocycles. The van der Waals surface area contributed by atoms with Crippen molar-refractivity contribution in [3.8, 4) is 0 Å². The monoisotopic (exact) mass is 275 g/mol. The Balaban J connectivity index is 4.46. The van der Waals surface area contributed by atoms with Crippen molar-refractivity contribution < 1.29 is 19.7 Å². The summed E-state index contributed by atoms with van der Waals surface area (Å²) in [4.78, 5) is 11.7. The van der Waals surface area contributed by atoms with Crippen molar-refractivity contribution in [2.75, 3.05) is 0 Å². The number of carbonyl (C=O) groups is 1. The summed E-state index contributed by atoms with van der Waals surface area (Å²) >= 11 is 0. The van der Waals surface area contributed by atoms with Crippen LogP contribution in [0.15, 0.2) is 0 Å². The van der Waals surface area contributed by atoms with Crippen molar-refractivity contribution in [3.63, 3.8) is 0 Å². The van der Waals surface area contributed by atoms with Gasteiger partial charge in [-0.3, -0.25) is 0 Å². The number of rotatable bonds is 6. The molecule has 0 heterocycles. The van der Waals surface area contributed by atoms with Crippen molar-refractivity contribution in [1.29, 1.82) is 0 Å². The van der Waals surface area contributed by atoms with Crippen LogP contribution < -0.4 is 5.32 Å². The van der Waals surface area contributed by atoms with Gasteiger partial charge in [0.15, 0.2) is 0 Å². The molecule has 3 atom stereocenters. The number of aliphatic hydroxyl groups is 2. The van der Waals surface area contributed by atoms with Gasteiger partial charge in [0.2, 0.25) is 0 Å². The fourth-order valence-corrected chi connectivity index (χ4v) is 1.75. The molecule has 114 valence electrons. The van der Waals surface area contributed by atoms with Gasteiger partial charge < -0.3 is 20.3 Å². The van der Waals surface area contributed by atoms with E-state index in [2.05, 4.69) is 5.32 Å². The number of hydrogen-bond donors (Lipinski definition) is 3. The molecule has 0 unspecified atom stereocenters. The van der Waals surface area contributed by atoms with E-state index in [1.54, 1.807) is 20.8 Å². The van der Waals surface area contributed by atoms with Gasteiger partial charge in [-0.05, 0) is 46.5 Å². The molecule has 0 saturated carbocycles. The smallest absolute Gasteiger partial charge is 0.407 e. The second-order valence-electron chi connectivity index (χ2n) is 6.52. The topological polar surface area (TPSA) is 78.8 Å². The summed E-state index contributed by atoms with van der Waals surface area (Å²) in [5.41, 5.74) is -0.546. The maximum absolute atomic E-state index is 11.7. The molecule has 0 fully saturated rings. The van der Waals surface area contributed by atoms with Gasteiger partial charge >= 0.3 is 6.09 Å². The molecular formula is C14H29NO4. The van der Waals surface area contributed by atoms with E-state index in [0.717, 1.165) is 6.42 Å². The first-order valence-electron chi connectivity index (χ1n) is 6.87. The van der Waals surface area contributed by atoms with E-state index in [4.69, 9.17) is 4.74 Å². The average Bonchev–Trinajstić information content (AvgIpc) is 2.12. The number of nitrogens with one attached hydrogen (secondary N) is 1. The summed E-state index contributed by atoms with van der Waals surface area (Å²) in [6.07, 6.45) is -1.11. The number of hydrogen-bond acceptors (Lipinski definition) is 4. The quantitative estimate of drug-likeness (QED) is 0.693. The Kier molecular flexibility index (Phi) is 7.37. The predicted octanol–water partition coefficient (Wildman–Crippen LogP) is 2.06. The highest BCUT2D eigenvalue weighted by Gasteiger charge is 2.23. The Morgan fingerprint density at radius 1 is 1.16 bits per heavy atom. The zero-order valence-corrected chi connectivity index (χ0v) is 12.9. The number of carbonyl (C=O) groups excluding carboxylic acids is 1. The molecule has 5 nitrogen and oxygen atoms in total. The molecule has 0 aromatic heterocycles. The Morgan fingerprint density at radius 2 is 1.68 bits per heavy atom. The fourth-order valence-electron chi connectivity index (χ4n) is 1.75. The number of ether oxygens (including phenoxy) is 1. The molecule has 5 heteroatoms. The van der Waals surface area contributed by atoms with Crippen LogP contribution in [-0.4, -0.2) is 40.2 Å². The third kappa shape index (κ3) is 9.73. The molecule has 19 heavy (non-hydrogen) atoms. The fraction of sp³-hybridized carbons (Fsp3) is 0.929. The largest absolute Gasteiger partial charge is 0.444 e. The van der Waals surface area contributed by atoms with Crippen LogP contribution in [0.1, 0.15) is 54.4 Å². The first kappa shape index (κ1) is 18.2. The summed E-state index contributed by atoms with van der Waals surface area (Å²) < 4.78 is 5.20. The van der Waals surface area contributed by atoms with Gasteiger partial charge in [-0.15, -0.1) is 0 Å². The van der Waals surface area contributed by atoms with Crippen molar-refractivity contribution >= 4 is 6.09 Å². The molecule has 0 bridgehead atoms. The van der Waals surface area contributed by atoms with Crippen LogP contribution in [0.5, 0.6) is 0 Å². The minimum atomic E-state index is -0.848. The SMILES string of the molecule is CC(C)C[C@@H](C[C@@H](O)[C@@H](C)O)NC(=O)OC(C)(C)C. The van der Waals surface area contributed by atoms with E-state index in [0.29, 0.717) is 12.3 Å². The third-order valence-corrected chi connectivity index (χ3v) is 2.56. The lowest BCUT2D eigenvalue weighted by Gasteiger charge is -2.26. The molecule has 3 N–H and O–H groups in total. The molecular weight excluding hydrogens is 246 g/mol. The summed E-state index contributed by atoms with van der Waals surface area (Å²) in [6, 6.07) is -0.209. The van der Waals surface area contributed by atoms with Crippen LogP contribution in [0.3, 0.4) is 0 Å². The zero-order valence-electron chi connectivity index (χ0n) is 12.9. The van der Waals surface area contributed by atoms with Crippen LogP contribution in [0.2, 0.25) is 0 Å². The molecule has 0 spiro atoms. The highest BCUT2D eigenvalue weighted by atomic mass is 16.6. The lowest BCUT2D eigenvalue weighted by Crippen LogP contribution is -2.42. The molecule has 0 radical (unpaired) electrons. The van der Waals surface area contributed by atoms with Gasteiger partial charge in [0.05, 0.1) is 12.2 Å². The Morgan fingerprint density at radius 3 is 2.05 bits per heavy atom. The Labute approximate surface area is 116 Å². The maximum Gasteiger partial charge on any atom is 0.407 e. The van der Waals surface area contributed by atoms with Crippen molar-refractivity contribution in [1.82, 2.24) is 5.32 Å². The van der Waals surface area contributed by atoms with Gasteiger partial charge in [-0.25, -0.2) is 4.79 Å². The lowest BCUT2D eigenvalue weighted by atomic mass is 9.97. The molecule has 0 aliphatic rings. The minimum absolute atomic E-state index is 0.209. The van der Waals surface area contributed by atoms with Gasteiger partial charge in [-0.1, -0.05) is 13.8 Å². The van der Waals surface area contributed by atoms with Crippen molar-refractivity contribution in [2.45, 2.75) is 78.2 Å². The lowest BCUT2D eigenvalue weighted by molar-refractivity contribution is 0.0147. The van der Waals surface area contributed by atoms with Crippen LogP contribution in [0.4, 0.5) is 4.79 Å². The molecule has 0 aromatic rings. The first-order valence-corrected chi connectivity index (χ1v) is 6.87. The minimum Gasteiger partial charge on any atom is -0.444 e. The van der Waals surface area contributed by atoms with Crippen LogP contribution in [0, 0.1) is 5.92 Å². The van der Waals surface area contributed by atoms with E-state index in [-0.39, 0.29) is 6.04 Å². The third-order valence-electron chi connectivity index (χ3n) is 2.56. The zero-order chi connectivity index (χ0) is 15.2. The Hall–Kier alpha value is -0.810. The number of aliphatic hydroxyl groups excluding tert-OH is 2. The van der Waals surface area contributed by atoms with Crippen molar-refractivity contribution in [3.05, 3.63) is 0 Å². The van der Waals surface area contributed by atoms with E-state index in [1.807, 2.05) is 13.8 Å². The van der Waals surface area contributed by atoms with Gasteiger partial charge in [0, 0.05) is 6.04 Å². The maximum atomic E-state index is 11.7. The van der Waals surface area contributed by atoms with Gasteiger partial charge in [0.1, 0.15) is 5.60 Å². The second-order valence-corrected chi connectivity index (χ2v) is 6.52. The van der Waals surface area contributed by atoms with E-state index in [9.17, 15) is 15.0 Å². The standard InChI is InChI=1S/C14H29NO4/c1-9(2)7-11(8-12(17)10(3)16)15-13(18)19-14(4,5)6/h9-12,16-17H,7-8H2,1-6H3,(H,15,18)/t10-,11+,12-/m1/s1. The van der Waals surface area contributed by atoms with Crippen LogP contribution >= 0.6 is 0 Å². The molecule has 0 aromatic carbocycles. The van der Waals surface area contributed by atoms with Crippen molar-refractivity contribution in [2.24, 2.45) is 5.92 Å². The molecule has 1 amide bonds. The van der Waals surface area contributed by atoms with E-state index in [1.165, 1.54) is 6.92 Å². The molecule has 0 saturated heterocycles. The van der Waals surface area contributed by atoms with E-state index >= 15 is 0 Å². The first-order chi connectivity index (χ1) is 8.51. The number of amides is 1. The summed E-state index contributed by atoms with van der Waals surface area (Å²) in [7, 11) is 0. The van der Waals surface area contributed by atoms with E-state index < -0.39 is 23.9 Å². The Bertz CT molecular complexity index is 271. The molecule has 0 aliphatic heterocycles. The second kappa shape index (κ2) is 7.70. The summed E-state index contributed by atoms with van der Waals surface area (Å²) in [5, 5.41) is 21.8. The van der Waals surface area contributed by atoms with Crippen LogP contribution in [-0.2, 0) is 4.74 Å². The van der Waals surface area contributed by atoms with Gasteiger partial charge in [0.25, 0.3) is 0 Å². The molecule has 0 rings (SSSR count). The highest BCUT2D eigenvalue weighted by molar-refractivity contribution is 5.68. The normalized spacial score (nSPS) is 16.9. The number of alkyl carbamates (subject to hydrolysis) is 1. The highest BCUT2D eigenvalue weighted by Crippen LogP contribution is 2.14. The van der Waals surface area contributed by atoms with Gasteiger partial charge in [-0.2, -0.15) is 0 Å². The predicted molar refractivity (Wildman–Crippen MR) is 74.9 cm³/mol. The average molecular weight is 275 g/mol. The summed E-state index contributed by atoms with van der Waals surface area (Å²) in [5.74, 6) is 0.376. The summed E-state index contributed by atoms with van der Waals surface area (Å²) in [6.45, 7) is 11.0. The van der Waals surface area contributed by atoms with Crippen LogP contribution in [0.25, 0.3) is 0 Å².